The van der Waals surface area contributed by atoms with Gasteiger partial charge in [0.05, 0.1) is 25.7 Å². The van der Waals surface area contributed by atoms with Crippen molar-refractivity contribution in [2.75, 3.05) is 19.8 Å². The third kappa shape index (κ3) is 5.74. The lowest BCUT2D eigenvalue weighted by atomic mass is 10.1. The summed E-state index contributed by atoms with van der Waals surface area (Å²) < 4.78 is 44.0. The number of rotatable bonds is 9. The van der Waals surface area contributed by atoms with Gasteiger partial charge in [-0.25, -0.2) is 4.39 Å². The van der Waals surface area contributed by atoms with Crippen LogP contribution in [0.2, 0.25) is 0 Å². The Morgan fingerprint density at radius 2 is 1.59 bits per heavy atom. The van der Waals surface area contributed by atoms with Crippen LogP contribution in [0.4, 0.5) is 4.39 Å². The second-order valence-corrected chi connectivity index (χ2v) is 10.4. The average molecular weight is 533 g/mol. The highest BCUT2D eigenvalue weighted by atomic mass is 19.1. The molecule has 2 aliphatic carbocycles. The molecule has 204 valence electrons. The van der Waals surface area contributed by atoms with E-state index in [4.69, 9.17) is 23.7 Å². The van der Waals surface area contributed by atoms with Gasteiger partial charge in [0.25, 0.3) is 0 Å². The molecule has 3 aromatic rings. The van der Waals surface area contributed by atoms with Crippen molar-refractivity contribution in [1.82, 2.24) is 0 Å². The molecule has 2 fully saturated rings. The monoisotopic (exact) mass is 532 g/mol. The average Bonchev–Trinajstić information content (AvgIpc) is 3.65. The van der Waals surface area contributed by atoms with Gasteiger partial charge < -0.3 is 23.7 Å². The standard InChI is InChI=1S/C32H33FO6/c1-2-36-32(34)27-19-26(27)20-3-5-22(6-4-20)39-30-13-11-25-29(14-12-28(33)31(25)30)38-23-9-7-21(8-10-23)37-24-15-17-35-18-16-24/h3-10,12,14,24,26-27,30H,2,11,13,15-19H2,1H3/t26-,27+,30-/m1/s1. The van der Waals surface area contributed by atoms with Crippen molar-refractivity contribution in [3.8, 4) is 23.0 Å². The third-order valence-corrected chi connectivity index (χ3v) is 7.73. The minimum atomic E-state index is -0.391. The van der Waals surface area contributed by atoms with Gasteiger partial charge >= 0.3 is 5.97 Å². The first-order valence-corrected chi connectivity index (χ1v) is 13.9. The van der Waals surface area contributed by atoms with E-state index in [-0.39, 0.29) is 29.7 Å². The third-order valence-electron chi connectivity index (χ3n) is 7.73. The van der Waals surface area contributed by atoms with Crippen LogP contribution in [0.3, 0.4) is 0 Å². The Morgan fingerprint density at radius 3 is 2.33 bits per heavy atom. The number of carbonyl (C=O) groups excluding carboxylic acids is 1. The maximum absolute atomic E-state index is 15.0. The number of benzene rings is 3. The summed E-state index contributed by atoms with van der Waals surface area (Å²) in [6.45, 7) is 3.69. The Kier molecular flexibility index (Phi) is 7.42. The molecule has 6 nitrogen and oxygen atoms in total. The fourth-order valence-corrected chi connectivity index (χ4v) is 5.59. The van der Waals surface area contributed by atoms with Crippen LogP contribution in [0.25, 0.3) is 0 Å². The fourth-order valence-electron chi connectivity index (χ4n) is 5.59. The lowest BCUT2D eigenvalue weighted by molar-refractivity contribution is -0.144. The Morgan fingerprint density at radius 1 is 0.897 bits per heavy atom. The van der Waals surface area contributed by atoms with Crippen molar-refractivity contribution in [3.63, 3.8) is 0 Å². The molecule has 3 atom stereocenters. The minimum Gasteiger partial charge on any atom is -0.490 e. The fraction of sp³-hybridized carbons (Fsp3) is 0.406. The maximum atomic E-state index is 15.0. The molecule has 0 unspecified atom stereocenters. The van der Waals surface area contributed by atoms with Crippen LogP contribution in [0.1, 0.15) is 61.3 Å². The van der Waals surface area contributed by atoms with E-state index in [1.165, 1.54) is 6.07 Å². The molecular weight excluding hydrogens is 499 g/mol. The smallest absolute Gasteiger partial charge is 0.309 e. The highest BCUT2D eigenvalue weighted by Gasteiger charge is 2.45. The molecule has 3 aromatic carbocycles. The molecule has 3 aliphatic rings. The number of hydrogen-bond acceptors (Lipinski definition) is 6. The first-order valence-electron chi connectivity index (χ1n) is 13.9. The van der Waals surface area contributed by atoms with Crippen LogP contribution < -0.4 is 14.2 Å². The molecule has 0 spiro atoms. The van der Waals surface area contributed by atoms with Crippen molar-refractivity contribution in [3.05, 3.63) is 83.2 Å². The molecule has 0 amide bonds. The van der Waals surface area contributed by atoms with Gasteiger partial charge in [-0.05, 0) is 86.2 Å². The zero-order valence-electron chi connectivity index (χ0n) is 22.1. The van der Waals surface area contributed by atoms with E-state index < -0.39 is 6.10 Å². The summed E-state index contributed by atoms with van der Waals surface area (Å²) in [6.07, 6.45) is 3.72. The summed E-state index contributed by atoms with van der Waals surface area (Å²) in [6, 6.07) is 18.5. The quantitative estimate of drug-likeness (QED) is 0.279. The Bertz CT molecular complexity index is 1300. The zero-order valence-corrected chi connectivity index (χ0v) is 22.1. The normalized spacial score (nSPS) is 22.2. The molecule has 39 heavy (non-hydrogen) atoms. The summed E-state index contributed by atoms with van der Waals surface area (Å²) in [5.74, 6) is 2.53. The molecule has 1 aliphatic heterocycles. The molecule has 0 aromatic heterocycles. The molecule has 0 N–H and O–H groups in total. The summed E-state index contributed by atoms with van der Waals surface area (Å²) in [5, 5.41) is 0. The van der Waals surface area contributed by atoms with Crippen LogP contribution >= 0.6 is 0 Å². The molecular formula is C32H33FO6. The number of halogens is 1. The predicted molar refractivity (Wildman–Crippen MR) is 143 cm³/mol. The first-order chi connectivity index (χ1) is 19.1. The number of hydrogen-bond donors (Lipinski definition) is 0. The van der Waals surface area contributed by atoms with Crippen LogP contribution in [0.15, 0.2) is 60.7 Å². The number of ether oxygens (including phenoxy) is 5. The number of fused-ring (bicyclic) bond motifs is 1. The van der Waals surface area contributed by atoms with Gasteiger partial charge in [-0.15, -0.1) is 0 Å². The van der Waals surface area contributed by atoms with Gasteiger partial charge in [-0.2, -0.15) is 0 Å². The molecule has 1 saturated heterocycles. The second kappa shape index (κ2) is 11.3. The molecule has 7 heteroatoms. The lowest BCUT2D eigenvalue weighted by Crippen LogP contribution is -2.25. The summed E-state index contributed by atoms with van der Waals surface area (Å²) in [4.78, 5) is 12.0. The van der Waals surface area contributed by atoms with Crippen molar-refractivity contribution >= 4 is 5.97 Å². The topological polar surface area (TPSA) is 63.2 Å². The van der Waals surface area contributed by atoms with Crippen molar-refractivity contribution < 1.29 is 32.9 Å². The molecule has 6 rings (SSSR count). The summed E-state index contributed by atoms with van der Waals surface area (Å²) in [7, 11) is 0. The highest BCUT2D eigenvalue weighted by molar-refractivity contribution is 5.77. The van der Waals surface area contributed by atoms with Crippen LogP contribution in [-0.2, 0) is 20.7 Å². The van der Waals surface area contributed by atoms with Crippen molar-refractivity contribution in [1.29, 1.82) is 0 Å². The second-order valence-electron chi connectivity index (χ2n) is 10.4. The van der Waals surface area contributed by atoms with Gasteiger partial charge in [0.1, 0.15) is 41.0 Å². The van der Waals surface area contributed by atoms with Gasteiger partial charge in [-0.1, -0.05) is 12.1 Å². The van der Waals surface area contributed by atoms with Gasteiger partial charge in [0, 0.05) is 24.0 Å². The maximum Gasteiger partial charge on any atom is 0.309 e. The Hall–Kier alpha value is -3.58. The SMILES string of the molecule is CCOC(=O)[C@H]1C[C@@H]1c1ccc(O[C@@H]2CCc3c(Oc4ccc(OC5CCOCC5)cc4)ccc(F)c32)cc1. The predicted octanol–water partition coefficient (Wildman–Crippen LogP) is 6.91. The first kappa shape index (κ1) is 25.7. The highest BCUT2D eigenvalue weighted by Crippen LogP contribution is 2.49. The molecule has 0 bridgehead atoms. The summed E-state index contributed by atoms with van der Waals surface area (Å²) in [5.41, 5.74) is 2.49. The molecule has 1 heterocycles. The van der Waals surface area contributed by atoms with E-state index in [1.807, 2.05) is 55.5 Å². The molecule has 0 radical (unpaired) electrons. The minimum absolute atomic E-state index is 0.0540. The number of carbonyl (C=O) groups is 1. The van der Waals surface area contributed by atoms with E-state index in [0.717, 1.165) is 49.4 Å². The lowest BCUT2D eigenvalue weighted by Gasteiger charge is -2.23. The van der Waals surface area contributed by atoms with Crippen molar-refractivity contribution in [2.45, 2.75) is 57.2 Å². The van der Waals surface area contributed by atoms with Gasteiger partial charge in [0.2, 0.25) is 0 Å². The largest absolute Gasteiger partial charge is 0.490 e. The van der Waals surface area contributed by atoms with E-state index in [2.05, 4.69) is 0 Å². The van der Waals surface area contributed by atoms with Crippen LogP contribution in [0.5, 0.6) is 23.0 Å². The van der Waals surface area contributed by atoms with E-state index >= 15 is 0 Å². The summed E-state index contributed by atoms with van der Waals surface area (Å²) >= 11 is 0. The van der Waals surface area contributed by atoms with Crippen molar-refractivity contribution in [2.24, 2.45) is 5.92 Å². The van der Waals surface area contributed by atoms with E-state index in [0.29, 0.717) is 42.3 Å². The Balaban J connectivity index is 1.10. The molecule has 1 saturated carbocycles. The van der Waals surface area contributed by atoms with Gasteiger partial charge in [-0.3, -0.25) is 4.79 Å². The van der Waals surface area contributed by atoms with E-state index in [1.54, 1.807) is 6.07 Å². The zero-order chi connectivity index (χ0) is 26.8. The number of esters is 1. The Labute approximate surface area is 228 Å². The van der Waals surface area contributed by atoms with Crippen LogP contribution in [-0.4, -0.2) is 31.9 Å². The van der Waals surface area contributed by atoms with E-state index in [9.17, 15) is 9.18 Å². The van der Waals surface area contributed by atoms with Crippen LogP contribution in [0, 0.1) is 11.7 Å². The van der Waals surface area contributed by atoms with Gasteiger partial charge in [0.15, 0.2) is 0 Å².